The number of rotatable bonds is 2. The summed E-state index contributed by atoms with van der Waals surface area (Å²) in [7, 11) is 0. The van der Waals surface area contributed by atoms with Gasteiger partial charge in [-0.15, -0.1) is 0 Å². The van der Waals surface area contributed by atoms with E-state index < -0.39 is 0 Å². The zero-order valence-electron chi connectivity index (χ0n) is 12.6. The van der Waals surface area contributed by atoms with Crippen LogP contribution in [0.15, 0.2) is 0 Å². The van der Waals surface area contributed by atoms with Crippen molar-refractivity contribution in [3.05, 3.63) is 0 Å². The second-order valence-corrected chi connectivity index (χ2v) is 8.65. The molecule has 4 rings (SSSR count). The Hall–Kier alpha value is 0.200. The molecule has 0 aromatic carbocycles. The number of amides is 1. The van der Waals surface area contributed by atoms with Gasteiger partial charge in [0.2, 0.25) is 0 Å². The van der Waals surface area contributed by atoms with Gasteiger partial charge in [-0.2, -0.15) is 0 Å². The highest BCUT2D eigenvalue weighted by molar-refractivity contribution is 14.1. The van der Waals surface area contributed by atoms with Gasteiger partial charge in [0, 0.05) is 28.1 Å². The minimum absolute atomic E-state index is 0.137. The van der Waals surface area contributed by atoms with E-state index >= 15 is 0 Å². The van der Waals surface area contributed by atoms with Crippen LogP contribution in [0.3, 0.4) is 0 Å². The molecule has 0 atom stereocenters. The molecule has 3 heteroatoms. The van der Waals surface area contributed by atoms with Gasteiger partial charge in [-0.05, 0) is 43.4 Å². The molecule has 0 unspecified atom stereocenters. The van der Waals surface area contributed by atoms with Gasteiger partial charge in [-0.1, -0.05) is 51.4 Å². The molecule has 0 aromatic rings. The Morgan fingerprint density at radius 1 is 0.850 bits per heavy atom. The molecular formula is C17H28INO. The summed E-state index contributed by atoms with van der Waals surface area (Å²) in [6, 6.07) is 0. The van der Waals surface area contributed by atoms with E-state index in [-0.39, 0.29) is 9.45 Å². The largest absolute Gasteiger partial charge is 0.342 e. The molecule has 4 fully saturated rings. The van der Waals surface area contributed by atoms with Crippen molar-refractivity contribution in [1.82, 2.24) is 5.32 Å². The maximum atomic E-state index is 11.3. The van der Waals surface area contributed by atoms with Gasteiger partial charge in [-0.25, -0.2) is 0 Å². The van der Waals surface area contributed by atoms with E-state index in [0.717, 1.165) is 5.92 Å². The summed E-state index contributed by atoms with van der Waals surface area (Å²) in [5.74, 6) is 0.952. The molecule has 0 aliphatic heterocycles. The second kappa shape index (κ2) is 6.13. The Morgan fingerprint density at radius 2 is 1.30 bits per heavy atom. The zero-order chi connectivity index (χ0) is 14.1. The van der Waals surface area contributed by atoms with Crippen molar-refractivity contribution in [3.63, 3.8) is 0 Å². The summed E-state index contributed by atoms with van der Waals surface area (Å²) in [6.07, 6.45) is 18.3. The molecule has 0 heterocycles. The minimum Gasteiger partial charge on any atom is -0.342 e. The summed E-state index contributed by atoms with van der Waals surface area (Å²) in [5, 5.41) is 3.19. The molecule has 2 bridgehead atoms. The lowest BCUT2D eigenvalue weighted by Gasteiger charge is -2.73. The third kappa shape index (κ3) is 3.02. The third-order valence-corrected chi connectivity index (χ3v) is 6.43. The van der Waals surface area contributed by atoms with Gasteiger partial charge < -0.3 is 5.32 Å². The van der Waals surface area contributed by atoms with Crippen LogP contribution >= 0.6 is 22.6 Å². The average Bonchev–Trinajstić information content (AvgIpc) is 2.37. The molecular weight excluding hydrogens is 361 g/mol. The predicted molar refractivity (Wildman–Crippen MR) is 91.2 cm³/mol. The first kappa shape index (κ1) is 15.1. The molecule has 2 nitrogen and oxygen atoms in total. The molecule has 0 saturated heterocycles. The predicted octanol–water partition coefficient (Wildman–Crippen LogP) is 5.58. The van der Waals surface area contributed by atoms with E-state index in [1.165, 1.54) is 83.5 Å². The monoisotopic (exact) mass is 389 g/mol. The van der Waals surface area contributed by atoms with Gasteiger partial charge >= 0.3 is 0 Å². The SMILES string of the molecule is O=C(I)NC12CC(C3CCCCCCCCCC3)(C1)C2. The van der Waals surface area contributed by atoms with Crippen LogP contribution < -0.4 is 5.32 Å². The zero-order valence-corrected chi connectivity index (χ0v) is 14.7. The Morgan fingerprint density at radius 3 is 1.75 bits per heavy atom. The number of carbonyl (C=O) groups excluding carboxylic acids is 1. The van der Waals surface area contributed by atoms with Crippen molar-refractivity contribution in [2.45, 2.75) is 89.0 Å². The average molecular weight is 389 g/mol. The van der Waals surface area contributed by atoms with Crippen molar-refractivity contribution < 1.29 is 4.79 Å². The molecule has 4 aliphatic carbocycles. The summed E-state index contributed by atoms with van der Waals surface area (Å²) in [4.78, 5) is 11.3. The molecule has 4 saturated carbocycles. The van der Waals surface area contributed by atoms with E-state index in [0.29, 0.717) is 5.41 Å². The van der Waals surface area contributed by atoms with Crippen LogP contribution in [-0.4, -0.2) is 9.45 Å². The Kier molecular flexibility index (Phi) is 4.63. The smallest absolute Gasteiger partial charge is 0.281 e. The van der Waals surface area contributed by atoms with E-state index in [1.807, 2.05) is 22.6 Å². The summed E-state index contributed by atoms with van der Waals surface area (Å²) in [5.41, 5.74) is 0.859. The van der Waals surface area contributed by atoms with Crippen LogP contribution in [0.2, 0.25) is 0 Å². The van der Waals surface area contributed by atoms with E-state index in [2.05, 4.69) is 5.32 Å². The molecule has 0 aromatic heterocycles. The highest BCUT2D eigenvalue weighted by atomic mass is 127. The van der Waals surface area contributed by atoms with Gasteiger partial charge in [-0.3, -0.25) is 4.79 Å². The minimum atomic E-state index is 0.137. The second-order valence-electron chi connectivity index (χ2n) is 7.67. The van der Waals surface area contributed by atoms with Crippen molar-refractivity contribution in [1.29, 1.82) is 0 Å². The highest BCUT2D eigenvalue weighted by Crippen LogP contribution is 2.72. The first-order valence-electron chi connectivity index (χ1n) is 8.62. The fraction of sp³-hybridized carbons (Fsp3) is 0.941. The maximum absolute atomic E-state index is 11.3. The lowest BCUT2D eigenvalue weighted by Crippen LogP contribution is -2.76. The van der Waals surface area contributed by atoms with Crippen LogP contribution in [0.25, 0.3) is 0 Å². The molecule has 0 radical (unpaired) electrons. The van der Waals surface area contributed by atoms with Crippen LogP contribution in [0.4, 0.5) is 4.79 Å². The summed E-state index contributed by atoms with van der Waals surface area (Å²) in [6.45, 7) is 0. The van der Waals surface area contributed by atoms with E-state index in [1.54, 1.807) is 0 Å². The Labute approximate surface area is 137 Å². The molecule has 114 valence electrons. The van der Waals surface area contributed by atoms with Crippen molar-refractivity contribution >= 4 is 26.5 Å². The molecule has 1 N–H and O–H groups in total. The van der Waals surface area contributed by atoms with Crippen LogP contribution in [-0.2, 0) is 0 Å². The summed E-state index contributed by atoms with van der Waals surface area (Å²) >= 11 is 1.88. The third-order valence-electron chi connectivity index (χ3n) is 6.16. The van der Waals surface area contributed by atoms with Gasteiger partial charge in [0.15, 0.2) is 0 Å². The highest BCUT2D eigenvalue weighted by Gasteiger charge is 2.70. The maximum Gasteiger partial charge on any atom is 0.281 e. The van der Waals surface area contributed by atoms with Crippen molar-refractivity contribution in [2.75, 3.05) is 0 Å². The first-order chi connectivity index (χ1) is 9.64. The van der Waals surface area contributed by atoms with Gasteiger partial charge in [0.05, 0.1) is 0 Å². The normalized spacial score (nSPS) is 39.0. The molecule has 0 spiro atoms. The lowest BCUT2D eigenvalue weighted by atomic mass is 9.35. The van der Waals surface area contributed by atoms with E-state index in [4.69, 9.17) is 0 Å². The topological polar surface area (TPSA) is 29.1 Å². The quantitative estimate of drug-likeness (QED) is 0.373. The van der Waals surface area contributed by atoms with Crippen LogP contribution in [0, 0.1) is 11.3 Å². The molecule has 20 heavy (non-hydrogen) atoms. The van der Waals surface area contributed by atoms with Gasteiger partial charge in [0.1, 0.15) is 0 Å². The molecule has 4 aliphatic rings. The number of halogens is 1. The van der Waals surface area contributed by atoms with Crippen LogP contribution in [0.1, 0.15) is 83.5 Å². The van der Waals surface area contributed by atoms with Crippen molar-refractivity contribution in [2.24, 2.45) is 11.3 Å². The number of nitrogens with one attached hydrogen (secondary N) is 1. The van der Waals surface area contributed by atoms with Crippen molar-refractivity contribution in [3.8, 4) is 0 Å². The lowest BCUT2D eigenvalue weighted by molar-refractivity contribution is -0.187. The fourth-order valence-electron chi connectivity index (χ4n) is 5.24. The standard InChI is InChI=1S/C17H28INO/c18-15(20)19-17-11-16(12-17,13-17)14-9-7-5-3-1-2-4-6-8-10-14/h14H,1-13H2,(H,19,20). The Bertz CT molecular complexity index is 336. The first-order valence-corrected chi connectivity index (χ1v) is 9.70. The number of carbonyl (C=O) groups is 1. The number of hydrogen-bond acceptors (Lipinski definition) is 1. The summed E-state index contributed by atoms with van der Waals surface area (Å²) < 4.78 is 0.137. The van der Waals surface area contributed by atoms with Crippen LogP contribution in [0.5, 0.6) is 0 Å². The van der Waals surface area contributed by atoms with Gasteiger partial charge in [0.25, 0.3) is 3.91 Å². The van der Waals surface area contributed by atoms with E-state index in [9.17, 15) is 4.79 Å². The fourth-order valence-corrected chi connectivity index (χ4v) is 5.81. The number of hydrogen-bond donors (Lipinski definition) is 1. The molecule has 1 amide bonds. The Balaban J connectivity index is 1.52.